The number of nitrogens with one attached hydrogen (secondary N) is 1. The molecule has 0 atom stereocenters. The minimum atomic E-state index is -0.181. The Labute approximate surface area is 170 Å². The molecule has 144 valence electrons. The van der Waals surface area contributed by atoms with E-state index in [0.29, 0.717) is 0 Å². The van der Waals surface area contributed by atoms with Crippen molar-refractivity contribution in [2.45, 2.75) is 13.0 Å². The van der Waals surface area contributed by atoms with Crippen molar-refractivity contribution < 1.29 is 4.39 Å². The molecule has 3 heteroatoms. The zero-order chi connectivity index (χ0) is 19.8. The van der Waals surface area contributed by atoms with E-state index in [1.807, 2.05) is 12.1 Å². The van der Waals surface area contributed by atoms with Crippen molar-refractivity contribution in [3.8, 4) is 11.1 Å². The molecule has 0 spiro atoms. The zero-order valence-corrected chi connectivity index (χ0v) is 16.3. The Balaban J connectivity index is 1.32. The minimum absolute atomic E-state index is 0.181. The highest BCUT2D eigenvalue weighted by Gasteiger charge is 2.21. The molecule has 1 aliphatic rings. The van der Waals surface area contributed by atoms with Gasteiger partial charge in [0.25, 0.3) is 0 Å². The van der Waals surface area contributed by atoms with Crippen molar-refractivity contribution in [3.05, 3.63) is 102 Å². The van der Waals surface area contributed by atoms with Crippen LogP contribution in [0.25, 0.3) is 27.6 Å². The third-order valence-corrected chi connectivity index (χ3v) is 5.83. The van der Waals surface area contributed by atoms with Crippen molar-refractivity contribution >= 4 is 16.5 Å². The Morgan fingerprint density at radius 2 is 1.72 bits per heavy atom. The van der Waals surface area contributed by atoms with Gasteiger partial charge < -0.3 is 4.98 Å². The Bertz CT molecular complexity index is 1170. The van der Waals surface area contributed by atoms with Crippen LogP contribution >= 0.6 is 0 Å². The maximum Gasteiger partial charge on any atom is 0.123 e. The van der Waals surface area contributed by atoms with E-state index in [1.165, 1.54) is 34.0 Å². The van der Waals surface area contributed by atoms with Gasteiger partial charge >= 0.3 is 0 Å². The predicted octanol–water partition coefficient (Wildman–Crippen LogP) is 6.05. The number of rotatable bonds is 4. The maximum atomic E-state index is 13.7. The number of halogens is 1. The highest BCUT2D eigenvalue weighted by atomic mass is 19.1. The fraction of sp³-hybridized carbons (Fsp3) is 0.154. The quantitative estimate of drug-likeness (QED) is 0.455. The Morgan fingerprint density at radius 1 is 0.966 bits per heavy atom. The predicted molar refractivity (Wildman–Crippen MR) is 118 cm³/mol. The van der Waals surface area contributed by atoms with Crippen molar-refractivity contribution in [1.29, 1.82) is 0 Å². The van der Waals surface area contributed by atoms with Gasteiger partial charge in [0.15, 0.2) is 0 Å². The summed E-state index contributed by atoms with van der Waals surface area (Å²) < 4.78 is 13.7. The molecule has 0 bridgehead atoms. The second-order valence-corrected chi connectivity index (χ2v) is 7.78. The van der Waals surface area contributed by atoms with Crippen LogP contribution in [0.1, 0.15) is 16.8 Å². The van der Waals surface area contributed by atoms with Crippen LogP contribution in [0, 0.1) is 5.82 Å². The Hall–Kier alpha value is -3.17. The maximum absolute atomic E-state index is 13.7. The summed E-state index contributed by atoms with van der Waals surface area (Å²) in [5.41, 5.74) is 8.19. The zero-order valence-electron chi connectivity index (χ0n) is 16.3. The van der Waals surface area contributed by atoms with Gasteiger partial charge in [-0.25, -0.2) is 4.39 Å². The van der Waals surface area contributed by atoms with Crippen LogP contribution in [-0.2, 0) is 13.0 Å². The van der Waals surface area contributed by atoms with Crippen LogP contribution in [0.3, 0.4) is 0 Å². The summed E-state index contributed by atoms with van der Waals surface area (Å²) in [5, 5.41) is 1.00. The number of hydrogen-bond acceptors (Lipinski definition) is 1. The van der Waals surface area contributed by atoms with Gasteiger partial charge in [0.1, 0.15) is 5.82 Å². The lowest BCUT2D eigenvalue weighted by Crippen LogP contribution is -2.31. The first-order chi connectivity index (χ1) is 14.2. The fourth-order valence-corrected chi connectivity index (χ4v) is 4.27. The van der Waals surface area contributed by atoms with E-state index in [4.69, 9.17) is 0 Å². The average Bonchev–Trinajstić information content (AvgIpc) is 3.12. The lowest BCUT2D eigenvalue weighted by Gasteiger charge is -2.28. The molecule has 0 amide bonds. The first-order valence-corrected chi connectivity index (χ1v) is 10.0. The monoisotopic (exact) mass is 382 g/mol. The van der Waals surface area contributed by atoms with Crippen molar-refractivity contribution in [2.75, 3.05) is 13.1 Å². The molecule has 0 radical (unpaired) electrons. The molecule has 1 aromatic heterocycles. The standard InChI is InChI=1S/C26H23FN2/c1-18(19-7-9-21(10-8-19)20-5-3-2-4-6-20)16-29-14-13-26-24(17-29)23-15-22(27)11-12-25(23)28-26/h2-12,15,28H,1,13-14,16-17H2. The van der Waals surface area contributed by atoms with Crippen LogP contribution in [0.5, 0.6) is 0 Å². The van der Waals surface area contributed by atoms with E-state index in [9.17, 15) is 4.39 Å². The first-order valence-electron chi connectivity index (χ1n) is 10.0. The number of aromatic amines is 1. The summed E-state index contributed by atoms with van der Waals surface area (Å²) >= 11 is 0. The van der Waals surface area contributed by atoms with Gasteiger partial charge in [-0.15, -0.1) is 0 Å². The number of hydrogen-bond donors (Lipinski definition) is 1. The molecule has 0 saturated carbocycles. The molecule has 1 aliphatic heterocycles. The molecule has 29 heavy (non-hydrogen) atoms. The number of benzene rings is 3. The van der Waals surface area contributed by atoms with Gasteiger partial charge in [-0.2, -0.15) is 0 Å². The molecule has 1 N–H and O–H groups in total. The second-order valence-electron chi connectivity index (χ2n) is 7.78. The molecule has 3 aromatic carbocycles. The SMILES string of the molecule is C=C(CN1CCc2[nH]c3ccc(F)cc3c2C1)c1ccc(-c2ccccc2)cc1. The van der Waals surface area contributed by atoms with Crippen LogP contribution in [0.2, 0.25) is 0 Å². The number of nitrogens with zero attached hydrogens (tertiary/aromatic N) is 1. The minimum Gasteiger partial charge on any atom is -0.358 e. The summed E-state index contributed by atoms with van der Waals surface area (Å²) in [4.78, 5) is 5.85. The van der Waals surface area contributed by atoms with E-state index < -0.39 is 0 Å². The van der Waals surface area contributed by atoms with Crippen LogP contribution in [0.15, 0.2) is 79.4 Å². The molecule has 0 fully saturated rings. The first kappa shape index (κ1) is 17.9. The molecule has 4 aromatic rings. The van der Waals surface area contributed by atoms with Gasteiger partial charge in [0, 0.05) is 42.7 Å². The molecule has 5 rings (SSSR count). The molecule has 0 aliphatic carbocycles. The van der Waals surface area contributed by atoms with Crippen LogP contribution < -0.4 is 0 Å². The summed E-state index contributed by atoms with van der Waals surface area (Å²) in [7, 11) is 0. The smallest absolute Gasteiger partial charge is 0.123 e. The number of aromatic nitrogens is 1. The Kier molecular flexibility index (Phi) is 4.53. The molecular formula is C26H23FN2. The lowest BCUT2D eigenvalue weighted by molar-refractivity contribution is 0.286. The molecule has 0 saturated heterocycles. The fourth-order valence-electron chi connectivity index (χ4n) is 4.27. The largest absolute Gasteiger partial charge is 0.358 e. The van der Waals surface area contributed by atoms with Crippen LogP contribution in [0.4, 0.5) is 4.39 Å². The van der Waals surface area contributed by atoms with Gasteiger partial charge in [0.2, 0.25) is 0 Å². The van der Waals surface area contributed by atoms with E-state index >= 15 is 0 Å². The summed E-state index contributed by atoms with van der Waals surface area (Å²) in [6, 6.07) is 24.0. The summed E-state index contributed by atoms with van der Waals surface area (Å²) in [6.45, 7) is 6.94. The Morgan fingerprint density at radius 3 is 2.52 bits per heavy atom. The molecule has 2 nitrogen and oxygen atoms in total. The van der Waals surface area contributed by atoms with Gasteiger partial charge in [-0.1, -0.05) is 61.2 Å². The van der Waals surface area contributed by atoms with Gasteiger partial charge in [0.05, 0.1) is 0 Å². The lowest BCUT2D eigenvalue weighted by atomic mass is 9.99. The normalized spacial score (nSPS) is 14.1. The highest BCUT2D eigenvalue weighted by Crippen LogP contribution is 2.29. The summed E-state index contributed by atoms with van der Waals surface area (Å²) in [5.74, 6) is -0.181. The third kappa shape index (κ3) is 3.50. The van der Waals surface area contributed by atoms with Crippen molar-refractivity contribution in [2.24, 2.45) is 0 Å². The second kappa shape index (κ2) is 7.34. The van der Waals surface area contributed by atoms with Crippen molar-refractivity contribution in [3.63, 3.8) is 0 Å². The van der Waals surface area contributed by atoms with E-state index in [1.54, 1.807) is 6.07 Å². The van der Waals surface area contributed by atoms with Gasteiger partial charge in [-0.3, -0.25) is 4.90 Å². The number of fused-ring (bicyclic) bond motifs is 3. The highest BCUT2D eigenvalue weighted by molar-refractivity contribution is 5.85. The van der Waals surface area contributed by atoms with E-state index in [-0.39, 0.29) is 5.82 Å². The van der Waals surface area contributed by atoms with Crippen LogP contribution in [-0.4, -0.2) is 23.0 Å². The third-order valence-electron chi connectivity index (χ3n) is 5.83. The van der Waals surface area contributed by atoms with E-state index in [0.717, 1.165) is 42.5 Å². The van der Waals surface area contributed by atoms with Gasteiger partial charge in [-0.05, 0) is 46.0 Å². The average molecular weight is 382 g/mol. The van der Waals surface area contributed by atoms with E-state index in [2.05, 4.69) is 65.0 Å². The molecule has 2 heterocycles. The summed E-state index contributed by atoms with van der Waals surface area (Å²) in [6.07, 6.45) is 0.950. The molecular weight excluding hydrogens is 359 g/mol. The number of H-pyrrole nitrogens is 1. The molecule has 0 unspecified atom stereocenters. The topological polar surface area (TPSA) is 19.0 Å². The van der Waals surface area contributed by atoms with Crippen molar-refractivity contribution in [1.82, 2.24) is 9.88 Å².